The quantitative estimate of drug-likeness (QED) is 0.479. The molecule has 0 aliphatic rings. The Kier molecular flexibility index (Phi) is 3.25. The summed E-state index contributed by atoms with van der Waals surface area (Å²) in [5.41, 5.74) is 1.66. The molecular weight excluding hydrogens is 210 g/mol. The van der Waals surface area contributed by atoms with Gasteiger partial charge in [0, 0.05) is 13.3 Å². The highest BCUT2D eigenvalue weighted by molar-refractivity contribution is 5.75. The molecule has 6 nitrogen and oxygen atoms in total. The Bertz CT molecular complexity index is 491. The van der Waals surface area contributed by atoms with E-state index in [1.54, 1.807) is 10.9 Å². The van der Waals surface area contributed by atoms with Crippen molar-refractivity contribution in [2.75, 3.05) is 7.11 Å². The molecule has 1 aromatic carbocycles. The third-order valence-corrected chi connectivity index (χ3v) is 2.10. The highest BCUT2D eigenvalue weighted by Crippen LogP contribution is 2.10. The summed E-state index contributed by atoms with van der Waals surface area (Å²) in [7, 11) is 1.42. The summed E-state index contributed by atoms with van der Waals surface area (Å²) in [6.07, 6.45) is 2.31. The fourth-order valence-corrected chi connectivity index (χ4v) is 1.31. The van der Waals surface area contributed by atoms with E-state index in [2.05, 4.69) is 15.2 Å². The molecule has 0 spiro atoms. The van der Waals surface area contributed by atoms with Crippen LogP contribution in [0, 0.1) is 0 Å². The first kappa shape index (κ1) is 10.7. The number of hydrogen-bond donors (Lipinski definition) is 1. The second-order valence-corrected chi connectivity index (χ2v) is 3.07. The van der Waals surface area contributed by atoms with E-state index in [4.69, 9.17) is 9.99 Å². The smallest absolute Gasteiger partial charge is 0.211 e. The van der Waals surface area contributed by atoms with Crippen molar-refractivity contribution in [1.29, 1.82) is 0 Å². The van der Waals surface area contributed by atoms with Gasteiger partial charge in [0.1, 0.15) is 5.52 Å². The van der Waals surface area contributed by atoms with Gasteiger partial charge in [0.25, 0.3) is 0 Å². The topological polar surface area (TPSA) is 69.4 Å². The largest absolute Gasteiger partial charge is 0.350 e. The van der Waals surface area contributed by atoms with E-state index in [9.17, 15) is 0 Å². The van der Waals surface area contributed by atoms with Crippen LogP contribution in [0.5, 0.6) is 0 Å². The zero-order valence-corrected chi connectivity index (χ0v) is 8.65. The van der Waals surface area contributed by atoms with E-state index in [-0.39, 0.29) is 0 Å². The van der Waals surface area contributed by atoms with Gasteiger partial charge in [0.05, 0.1) is 5.52 Å². The molecule has 84 valence electrons. The average Bonchev–Trinajstić information content (AvgIpc) is 2.74. The second-order valence-electron chi connectivity index (χ2n) is 3.07. The Morgan fingerprint density at radius 1 is 1.44 bits per heavy atom. The molecule has 1 N–H and O–H groups in total. The lowest BCUT2D eigenvalue weighted by molar-refractivity contribution is -0.323. The number of methoxy groups -OCH3 is 1. The molecule has 1 unspecified atom stereocenters. The SMILES string of the molecule is COC(/C=C\n1nnc2ccccc21)OO. The number of ether oxygens (including phenoxy) is 1. The first-order chi connectivity index (χ1) is 7.85. The average molecular weight is 221 g/mol. The standard InChI is InChI=1S/C10H11N3O3/c1-15-10(16-14)6-7-13-9-5-3-2-4-8(9)11-12-13/h2-7,10,14H,1H3/b7-6-. The predicted molar refractivity (Wildman–Crippen MR) is 57.4 cm³/mol. The van der Waals surface area contributed by atoms with Crippen LogP contribution in [-0.2, 0) is 9.62 Å². The number of fused-ring (bicyclic) bond motifs is 1. The van der Waals surface area contributed by atoms with Gasteiger partial charge in [-0.3, -0.25) is 0 Å². The summed E-state index contributed by atoms with van der Waals surface area (Å²) in [5.74, 6) is 0. The lowest BCUT2D eigenvalue weighted by atomic mass is 10.3. The molecule has 1 atom stereocenters. The van der Waals surface area contributed by atoms with E-state index in [0.29, 0.717) is 0 Å². The molecule has 16 heavy (non-hydrogen) atoms. The number of nitrogens with zero attached hydrogens (tertiary/aromatic N) is 3. The predicted octanol–water partition coefficient (Wildman–Crippen LogP) is 1.36. The molecule has 1 aromatic heterocycles. The van der Waals surface area contributed by atoms with Crippen LogP contribution >= 0.6 is 0 Å². The fraction of sp³-hybridized carbons (Fsp3) is 0.200. The molecule has 0 saturated heterocycles. The highest BCUT2D eigenvalue weighted by atomic mass is 17.1. The molecule has 6 heteroatoms. The molecule has 0 aliphatic carbocycles. The Hall–Kier alpha value is -1.76. The second kappa shape index (κ2) is 4.84. The molecule has 0 amide bonds. The van der Waals surface area contributed by atoms with Crippen LogP contribution in [0.15, 0.2) is 30.3 Å². The van der Waals surface area contributed by atoms with E-state index in [1.165, 1.54) is 13.2 Å². The number of hydrogen-bond acceptors (Lipinski definition) is 5. The molecular formula is C10H11N3O3. The Labute approximate surface area is 91.6 Å². The lowest BCUT2D eigenvalue weighted by Gasteiger charge is -2.04. The number of benzene rings is 1. The van der Waals surface area contributed by atoms with E-state index < -0.39 is 6.29 Å². The molecule has 0 radical (unpaired) electrons. The minimum absolute atomic E-state index is 0.797. The van der Waals surface area contributed by atoms with Crippen molar-refractivity contribution in [3.8, 4) is 0 Å². The van der Waals surface area contributed by atoms with Crippen molar-refractivity contribution >= 4 is 17.2 Å². The monoisotopic (exact) mass is 221 g/mol. The van der Waals surface area contributed by atoms with Gasteiger partial charge >= 0.3 is 0 Å². The van der Waals surface area contributed by atoms with Crippen LogP contribution in [0.4, 0.5) is 0 Å². The van der Waals surface area contributed by atoms with Gasteiger partial charge < -0.3 is 4.74 Å². The summed E-state index contributed by atoms with van der Waals surface area (Å²) in [4.78, 5) is 4.04. The summed E-state index contributed by atoms with van der Waals surface area (Å²) < 4.78 is 6.36. The van der Waals surface area contributed by atoms with Gasteiger partial charge in [-0.2, -0.15) is 0 Å². The molecule has 0 aliphatic heterocycles. The summed E-state index contributed by atoms with van der Waals surface area (Å²) in [6, 6.07) is 7.54. The minimum Gasteiger partial charge on any atom is -0.350 e. The first-order valence-electron chi connectivity index (χ1n) is 4.66. The van der Waals surface area contributed by atoms with Crippen molar-refractivity contribution in [2.45, 2.75) is 6.29 Å². The zero-order chi connectivity index (χ0) is 11.4. The molecule has 0 bridgehead atoms. The third-order valence-electron chi connectivity index (χ3n) is 2.10. The summed E-state index contributed by atoms with van der Waals surface area (Å²) in [5, 5.41) is 16.3. The molecule has 2 aromatic rings. The molecule has 2 rings (SSSR count). The molecule has 1 heterocycles. The molecule has 0 saturated carbocycles. The zero-order valence-electron chi connectivity index (χ0n) is 8.65. The minimum atomic E-state index is -0.817. The van der Waals surface area contributed by atoms with Crippen molar-refractivity contribution in [3.05, 3.63) is 30.3 Å². The van der Waals surface area contributed by atoms with Crippen LogP contribution in [0.25, 0.3) is 17.2 Å². The number of para-hydroxylation sites is 1. The maximum atomic E-state index is 8.45. The summed E-state index contributed by atoms with van der Waals surface area (Å²) in [6.45, 7) is 0. The van der Waals surface area contributed by atoms with E-state index in [0.717, 1.165) is 11.0 Å². The maximum absolute atomic E-state index is 8.45. The fourth-order valence-electron chi connectivity index (χ4n) is 1.31. The van der Waals surface area contributed by atoms with Crippen LogP contribution in [0.1, 0.15) is 0 Å². The maximum Gasteiger partial charge on any atom is 0.211 e. The van der Waals surface area contributed by atoms with Crippen LogP contribution < -0.4 is 0 Å². The third kappa shape index (κ3) is 2.08. The first-order valence-corrected chi connectivity index (χ1v) is 4.66. The van der Waals surface area contributed by atoms with Crippen molar-refractivity contribution < 1.29 is 14.9 Å². The van der Waals surface area contributed by atoms with Gasteiger partial charge in [-0.25, -0.2) is 14.8 Å². The molecule has 0 fully saturated rings. The van der Waals surface area contributed by atoms with Crippen molar-refractivity contribution in [2.24, 2.45) is 0 Å². The van der Waals surface area contributed by atoms with Gasteiger partial charge in [0.15, 0.2) is 0 Å². The van der Waals surface area contributed by atoms with Gasteiger partial charge in [0.2, 0.25) is 6.29 Å². The lowest BCUT2D eigenvalue weighted by Crippen LogP contribution is -2.09. The van der Waals surface area contributed by atoms with Crippen LogP contribution in [0.2, 0.25) is 0 Å². The van der Waals surface area contributed by atoms with Crippen molar-refractivity contribution in [1.82, 2.24) is 15.0 Å². The Balaban J connectivity index is 2.27. The van der Waals surface area contributed by atoms with Gasteiger partial charge in [-0.05, 0) is 18.2 Å². The highest BCUT2D eigenvalue weighted by Gasteiger charge is 2.03. The van der Waals surface area contributed by atoms with E-state index in [1.807, 2.05) is 24.3 Å². The Morgan fingerprint density at radius 3 is 3.00 bits per heavy atom. The number of aromatic nitrogens is 3. The normalized spacial score (nSPS) is 13.6. The van der Waals surface area contributed by atoms with Crippen molar-refractivity contribution in [3.63, 3.8) is 0 Å². The van der Waals surface area contributed by atoms with Gasteiger partial charge in [-0.15, -0.1) is 5.10 Å². The van der Waals surface area contributed by atoms with Crippen LogP contribution in [0.3, 0.4) is 0 Å². The summed E-state index contributed by atoms with van der Waals surface area (Å²) >= 11 is 0. The van der Waals surface area contributed by atoms with Crippen LogP contribution in [-0.4, -0.2) is 33.7 Å². The van der Waals surface area contributed by atoms with Gasteiger partial charge in [-0.1, -0.05) is 17.3 Å². The van der Waals surface area contributed by atoms with E-state index >= 15 is 0 Å². The Morgan fingerprint density at radius 2 is 2.25 bits per heavy atom. The number of rotatable bonds is 4.